The summed E-state index contributed by atoms with van der Waals surface area (Å²) >= 11 is 1.98. The molecule has 0 spiro atoms. The van der Waals surface area contributed by atoms with E-state index in [-0.39, 0.29) is 0 Å². The molecule has 4 nitrogen and oxygen atoms in total. The Morgan fingerprint density at radius 2 is 1.86 bits per heavy atom. The summed E-state index contributed by atoms with van der Waals surface area (Å²) in [6.07, 6.45) is 9.08. The van der Waals surface area contributed by atoms with Crippen LogP contribution in [0.5, 0.6) is 0 Å². The van der Waals surface area contributed by atoms with Crippen molar-refractivity contribution < 1.29 is 14.6 Å². The average molecular weight is 320 g/mol. The second kappa shape index (κ2) is 12.7. The maximum atomic E-state index is 9.89. The molecular weight excluding hydrogens is 286 g/mol. The molecule has 1 rings (SSSR count). The third kappa shape index (κ3) is 9.74. The lowest BCUT2D eigenvalue weighted by Gasteiger charge is -2.28. The van der Waals surface area contributed by atoms with Gasteiger partial charge in [-0.3, -0.25) is 0 Å². The molecule has 1 aliphatic carbocycles. The van der Waals surface area contributed by atoms with Gasteiger partial charge in [0.2, 0.25) is 0 Å². The quantitative estimate of drug-likeness (QED) is 0.541. The second-order valence-electron chi connectivity index (χ2n) is 5.81. The highest BCUT2D eigenvalue weighted by Crippen LogP contribution is 2.26. The molecule has 1 fully saturated rings. The van der Waals surface area contributed by atoms with Crippen LogP contribution in [0.15, 0.2) is 0 Å². The number of rotatable bonds is 12. The Kier molecular flexibility index (Phi) is 11.6. The molecule has 1 atom stereocenters. The van der Waals surface area contributed by atoms with Crippen LogP contribution in [0.25, 0.3) is 0 Å². The molecule has 126 valence electrons. The normalized spacial score (nSPS) is 24.1. The van der Waals surface area contributed by atoms with Gasteiger partial charge in [-0.25, -0.2) is 0 Å². The summed E-state index contributed by atoms with van der Waals surface area (Å²) < 4.78 is 10.8. The predicted molar refractivity (Wildman–Crippen MR) is 90.1 cm³/mol. The van der Waals surface area contributed by atoms with Crippen molar-refractivity contribution in [1.29, 1.82) is 0 Å². The van der Waals surface area contributed by atoms with Crippen molar-refractivity contribution in [3.05, 3.63) is 0 Å². The largest absolute Gasteiger partial charge is 0.389 e. The van der Waals surface area contributed by atoms with E-state index in [0.717, 1.165) is 24.7 Å². The fourth-order valence-electron chi connectivity index (χ4n) is 2.55. The van der Waals surface area contributed by atoms with E-state index in [9.17, 15) is 5.11 Å². The number of nitrogens with one attached hydrogen (secondary N) is 1. The van der Waals surface area contributed by atoms with Crippen LogP contribution in [0.3, 0.4) is 0 Å². The first-order chi connectivity index (χ1) is 10.3. The van der Waals surface area contributed by atoms with Crippen molar-refractivity contribution in [2.24, 2.45) is 0 Å². The van der Waals surface area contributed by atoms with E-state index in [1.807, 2.05) is 11.8 Å². The van der Waals surface area contributed by atoms with Gasteiger partial charge < -0.3 is 19.9 Å². The third-order valence-electron chi connectivity index (χ3n) is 3.97. The highest BCUT2D eigenvalue weighted by Gasteiger charge is 2.20. The molecule has 0 heterocycles. The van der Waals surface area contributed by atoms with Crippen LogP contribution < -0.4 is 5.32 Å². The Labute approximate surface area is 134 Å². The van der Waals surface area contributed by atoms with Gasteiger partial charge in [0.25, 0.3) is 0 Å². The fourth-order valence-corrected chi connectivity index (χ4v) is 3.29. The minimum absolute atomic E-state index is 0.393. The fraction of sp³-hybridized carbons (Fsp3) is 1.00. The molecule has 21 heavy (non-hydrogen) atoms. The highest BCUT2D eigenvalue weighted by molar-refractivity contribution is 7.99. The number of unbranched alkanes of at least 4 members (excludes halogenated alkanes) is 1. The zero-order chi connectivity index (χ0) is 15.3. The molecule has 1 aliphatic rings. The van der Waals surface area contributed by atoms with Crippen molar-refractivity contribution >= 4 is 11.8 Å². The molecule has 0 bridgehead atoms. The molecule has 5 heteroatoms. The van der Waals surface area contributed by atoms with Gasteiger partial charge >= 0.3 is 0 Å². The summed E-state index contributed by atoms with van der Waals surface area (Å²) in [6, 6.07) is 0.570. The van der Waals surface area contributed by atoms with E-state index < -0.39 is 6.10 Å². The SMILES string of the molecule is CCCCOCCOCC(O)CNC1CCC(SC)CC1. The molecule has 0 amide bonds. The van der Waals surface area contributed by atoms with E-state index in [4.69, 9.17) is 9.47 Å². The first-order valence-electron chi connectivity index (χ1n) is 8.36. The summed E-state index contributed by atoms with van der Waals surface area (Å²) in [5.74, 6) is 0. The summed E-state index contributed by atoms with van der Waals surface area (Å²) in [5, 5.41) is 14.2. The third-order valence-corrected chi connectivity index (χ3v) is 5.11. The molecule has 2 N–H and O–H groups in total. The molecule has 0 aromatic heterocycles. The van der Waals surface area contributed by atoms with Crippen LogP contribution in [0, 0.1) is 0 Å². The first kappa shape index (κ1) is 19.2. The Balaban J connectivity index is 1.91. The Bertz CT molecular complexity index is 236. The zero-order valence-corrected chi connectivity index (χ0v) is 14.5. The van der Waals surface area contributed by atoms with Gasteiger partial charge in [-0.05, 0) is 38.4 Å². The van der Waals surface area contributed by atoms with Crippen LogP contribution in [0.4, 0.5) is 0 Å². The topological polar surface area (TPSA) is 50.7 Å². The number of thioether (sulfide) groups is 1. The van der Waals surface area contributed by atoms with E-state index in [1.165, 1.54) is 25.7 Å². The Morgan fingerprint density at radius 3 is 2.52 bits per heavy atom. The Hall–Kier alpha value is 0.190. The summed E-state index contributed by atoms with van der Waals surface area (Å²) in [5.41, 5.74) is 0. The van der Waals surface area contributed by atoms with Gasteiger partial charge in [0.1, 0.15) is 0 Å². The highest BCUT2D eigenvalue weighted by atomic mass is 32.2. The lowest BCUT2D eigenvalue weighted by atomic mass is 9.95. The minimum Gasteiger partial charge on any atom is -0.389 e. The Morgan fingerprint density at radius 1 is 1.14 bits per heavy atom. The summed E-state index contributed by atoms with van der Waals surface area (Å²) in [7, 11) is 0. The number of ether oxygens (including phenoxy) is 2. The van der Waals surface area contributed by atoms with Gasteiger partial charge in [-0.1, -0.05) is 13.3 Å². The van der Waals surface area contributed by atoms with Crippen molar-refractivity contribution in [3.63, 3.8) is 0 Å². The van der Waals surface area contributed by atoms with Gasteiger partial charge in [-0.2, -0.15) is 11.8 Å². The monoisotopic (exact) mass is 319 g/mol. The molecule has 0 aliphatic heterocycles. The molecular formula is C16H33NO3S. The van der Waals surface area contributed by atoms with E-state index in [1.54, 1.807) is 0 Å². The van der Waals surface area contributed by atoms with Gasteiger partial charge in [0.05, 0.1) is 25.9 Å². The average Bonchev–Trinajstić information content (AvgIpc) is 2.52. The predicted octanol–water partition coefficient (Wildman–Crippen LogP) is 2.44. The van der Waals surface area contributed by atoms with Gasteiger partial charge in [0.15, 0.2) is 0 Å². The van der Waals surface area contributed by atoms with E-state index in [0.29, 0.717) is 32.4 Å². The minimum atomic E-state index is -0.418. The molecule has 0 saturated heterocycles. The lowest BCUT2D eigenvalue weighted by Crippen LogP contribution is -2.40. The molecule has 1 unspecified atom stereocenters. The molecule has 1 saturated carbocycles. The van der Waals surface area contributed by atoms with Gasteiger partial charge in [-0.15, -0.1) is 0 Å². The van der Waals surface area contributed by atoms with Gasteiger partial charge in [0, 0.05) is 24.4 Å². The second-order valence-corrected chi connectivity index (χ2v) is 6.95. The molecule has 0 aromatic carbocycles. The first-order valence-corrected chi connectivity index (χ1v) is 9.64. The number of aliphatic hydroxyl groups excluding tert-OH is 1. The van der Waals surface area contributed by atoms with E-state index >= 15 is 0 Å². The smallest absolute Gasteiger partial charge is 0.0897 e. The number of hydrogen-bond acceptors (Lipinski definition) is 5. The molecule has 0 radical (unpaired) electrons. The van der Waals surface area contributed by atoms with Crippen LogP contribution in [0.1, 0.15) is 45.4 Å². The molecule has 0 aromatic rings. The van der Waals surface area contributed by atoms with Crippen LogP contribution in [-0.4, -0.2) is 61.7 Å². The lowest BCUT2D eigenvalue weighted by molar-refractivity contribution is 0.00291. The maximum absolute atomic E-state index is 9.89. The van der Waals surface area contributed by atoms with E-state index in [2.05, 4.69) is 18.5 Å². The standard InChI is InChI=1S/C16H33NO3S/c1-3-4-9-19-10-11-20-13-15(18)12-17-14-5-7-16(21-2)8-6-14/h14-18H,3-13H2,1-2H3. The zero-order valence-electron chi connectivity index (χ0n) is 13.7. The van der Waals surface area contributed by atoms with Crippen molar-refractivity contribution in [2.45, 2.75) is 62.8 Å². The maximum Gasteiger partial charge on any atom is 0.0897 e. The van der Waals surface area contributed by atoms with Crippen LogP contribution in [-0.2, 0) is 9.47 Å². The van der Waals surface area contributed by atoms with Crippen LogP contribution in [0.2, 0.25) is 0 Å². The summed E-state index contributed by atoms with van der Waals surface area (Å²) in [4.78, 5) is 0. The number of hydrogen-bond donors (Lipinski definition) is 2. The van der Waals surface area contributed by atoms with Crippen molar-refractivity contribution in [3.8, 4) is 0 Å². The number of aliphatic hydroxyl groups is 1. The van der Waals surface area contributed by atoms with Crippen LogP contribution >= 0.6 is 11.8 Å². The summed E-state index contributed by atoms with van der Waals surface area (Å²) in [6.45, 7) is 5.17. The van der Waals surface area contributed by atoms with Crippen molar-refractivity contribution in [2.75, 3.05) is 39.2 Å². The van der Waals surface area contributed by atoms with Crippen molar-refractivity contribution in [1.82, 2.24) is 5.32 Å².